The molecule has 0 saturated carbocycles. The molecule has 2 fully saturated rings. The highest BCUT2D eigenvalue weighted by molar-refractivity contribution is 5.97. The molecule has 1 aromatic heterocycles. The second-order valence-electron chi connectivity index (χ2n) is 8.08. The van der Waals surface area contributed by atoms with Crippen LogP contribution >= 0.6 is 0 Å². The Bertz CT molecular complexity index is 839. The van der Waals surface area contributed by atoms with E-state index in [1.54, 1.807) is 4.68 Å². The molecule has 144 valence electrons. The number of nitrogens with zero attached hydrogens (tertiary/aromatic N) is 4. The molecule has 0 aliphatic carbocycles. The second kappa shape index (κ2) is 6.77. The molecule has 1 unspecified atom stereocenters. The van der Waals surface area contributed by atoms with Crippen LogP contribution in [0.2, 0.25) is 0 Å². The number of aromatic nitrogens is 2. The minimum Gasteiger partial charge on any atom is -0.370 e. The summed E-state index contributed by atoms with van der Waals surface area (Å²) in [6, 6.07) is 10.9. The molecule has 4 rings (SSSR count). The van der Waals surface area contributed by atoms with Crippen LogP contribution in [-0.2, 0) is 18.3 Å². The highest BCUT2D eigenvalue weighted by Crippen LogP contribution is 2.38. The first-order valence-corrected chi connectivity index (χ1v) is 9.56. The number of hydrogen-bond donors (Lipinski definition) is 0. The van der Waals surface area contributed by atoms with Crippen molar-refractivity contribution >= 4 is 5.91 Å². The predicted molar refractivity (Wildman–Crippen MR) is 104 cm³/mol. The zero-order chi connectivity index (χ0) is 19.2. The third-order valence-corrected chi connectivity index (χ3v) is 6.06. The molecular weight excluding hydrogens is 340 g/mol. The van der Waals surface area contributed by atoms with Gasteiger partial charge < -0.3 is 9.64 Å². The first-order chi connectivity index (χ1) is 12.9. The van der Waals surface area contributed by atoms with E-state index >= 15 is 0 Å². The molecule has 1 spiro atoms. The minimum atomic E-state index is -0.171. The molecule has 2 aliphatic heterocycles. The van der Waals surface area contributed by atoms with Gasteiger partial charge in [-0.15, -0.1) is 0 Å². The van der Waals surface area contributed by atoms with Crippen LogP contribution in [-0.4, -0.2) is 63.9 Å². The Labute approximate surface area is 160 Å². The number of amides is 1. The fourth-order valence-electron chi connectivity index (χ4n) is 4.36. The fourth-order valence-corrected chi connectivity index (χ4v) is 4.36. The molecule has 1 atom stereocenters. The lowest BCUT2D eigenvalue weighted by Crippen LogP contribution is -2.63. The van der Waals surface area contributed by atoms with Gasteiger partial charge in [-0.1, -0.05) is 30.3 Å². The maximum absolute atomic E-state index is 12.9. The monoisotopic (exact) mass is 368 g/mol. The van der Waals surface area contributed by atoms with Crippen LogP contribution in [0.5, 0.6) is 0 Å². The Balaban J connectivity index is 1.36. The van der Waals surface area contributed by atoms with Crippen LogP contribution in [0.25, 0.3) is 0 Å². The van der Waals surface area contributed by atoms with Crippen LogP contribution in [0.1, 0.15) is 33.7 Å². The number of likely N-dealkylation sites (N-methyl/N-ethyl adjacent to an activating group) is 1. The van der Waals surface area contributed by atoms with E-state index in [1.165, 1.54) is 5.56 Å². The van der Waals surface area contributed by atoms with Crippen LogP contribution in [0.4, 0.5) is 0 Å². The van der Waals surface area contributed by atoms with Gasteiger partial charge >= 0.3 is 0 Å². The van der Waals surface area contributed by atoms with E-state index in [1.807, 2.05) is 31.9 Å². The Morgan fingerprint density at radius 2 is 2.00 bits per heavy atom. The lowest BCUT2D eigenvalue weighted by Gasteiger charge is -2.47. The van der Waals surface area contributed by atoms with Gasteiger partial charge in [0, 0.05) is 25.3 Å². The molecule has 0 N–H and O–H groups in total. The summed E-state index contributed by atoms with van der Waals surface area (Å²) < 4.78 is 7.95. The largest absolute Gasteiger partial charge is 0.370 e. The van der Waals surface area contributed by atoms with Crippen LogP contribution < -0.4 is 0 Å². The van der Waals surface area contributed by atoms with Crippen molar-refractivity contribution in [3.8, 4) is 0 Å². The quantitative estimate of drug-likeness (QED) is 0.830. The summed E-state index contributed by atoms with van der Waals surface area (Å²) in [6.45, 7) is 6.85. The lowest BCUT2D eigenvalue weighted by molar-refractivity contribution is -0.0951. The van der Waals surface area contributed by atoms with Gasteiger partial charge in [-0.05, 0) is 32.9 Å². The summed E-state index contributed by atoms with van der Waals surface area (Å²) in [6.07, 6.45) is 0.977. The standard InChI is InChI=1S/C21H28N4O2/c1-15-19(16(2)24(4)22-15)20(26)25-13-21(14-25)10-18(12-27-21)23(3)11-17-8-6-5-7-9-17/h5-9,18H,10-14H2,1-4H3. The molecule has 2 aliphatic rings. The van der Waals surface area contributed by atoms with Crippen molar-refractivity contribution in [1.82, 2.24) is 19.6 Å². The Morgan fingerprint density at radius 1 is 1.30 bits per heavy atom. The van der Waals surface area contributed by atoms with Gasteiger partial charge in [0.25, 0.3) is 5.91 Å². The number of aryl methyl sites for hydroxylation is 2. The first kappa shape index (κ1) is 18.2. The average molecular weight is 368 g/mol. The minimum absolute atomic E-state index is 0.0772. The van der Waals surface area contributed by atoms with Crippen LogP contribution in [0.3, 0.4) is 0 Å². The van der Waals surface area contributed by atoms with Crippen molar-refractivity contribution < 1.29 is 9.53 Å². The average Bonchev–Trinajstić information content (AvgIpc) is 3.16. The number of carbonyl (C=O) groups excluding carboxylic acids is 1. The van der Waals surface area contributed by atoms with Crippen LogP contribution in [0, 0.1) is 13.8 Å². The molecule has 6 nitrogen and oxygen atoms in total. The summed E-state index contributed by atoms with van der Waals surface area (Å²) >= 11 is 0. The molecule has 3 heterocycles. The molecule has 2 aromatic rings. The van der Waals surface area contributed by atoms with Crippen molar-refractivity contribution in [3.05, 3.63) is 52.8 Å². The van der Waals surface area contributed by atoms with Gasteiger partial charge in [0.2, 0.25) is 0 Å². The zero-order valence-corrected chi connectivity index (χ0v) is 16.6. The number of rotatable bonds is 4. The maximum Gasteiger partial charge on any atom is 0.257 e. The maximum atomic E-state index is 12.9. The number of hydrogen-bond acceptors (Lipinski definition) is 4. The predicted octanol–water partition coefficient (Wildman–Crippen LogP) is 2.15. The number of likely N-dealkylation sites (tertiary alicyclic amines) is 1. The Hall–Kier alpha value is -2.18. The highest BCUT2D eigenvalue weighted by atomic mass is 16.5. The molecule has 0 bridgehead atoms. The van der Waals surface area contributed by atoms with E-state index in [-0.39, 0.29) is 11.5 Å². The van der Waals surface area contributed by atoms with E-state index in [0.717, 1.165) is 36.5 Å². The van der Waals surface area contributed by atoms with Crippen molar-refractivity contribution in [2.75, 3.05) is 26.7 Å². The van der Waals surface area contributed by atoms with Gasteiger partial charge in [-0.3, -0.25) is 14.4 Å². The van der Waals surface area contributed by atoms with Gasteiger partial charge in [-0.25, -0.2) is 0 Å². The third-order valence-electron chi connectivity index (χ3n) is 6.06. The molecule has 27 heavy (non-hydrogen) atoms. The fraction of sp³-hybridized carbons (Fsp3) is 0.524. The SMILES string of the molecule is Cc1nn(C)c(C)c1C(=O)N1CC2(CC(N(C)Cc3ccccc3)CO2)C1. The van der Waals surface area contributed by atoms with Gasteiger partial charge in [-0.2, -0.15) is 5.10 Å². The van der Waals surface area contributed by atoms with E-state index in [9.17, 15) is 4.79 Å². The van der Waals surface area contributed by atoms with Crippen molar-refractivity contribution in [2.45, 2.75) is 38.5 Å². The molecule has 6 heteroatoms. The topological polar surface area (TPSA) is 50.6 Å². The molecule has 1 aromatic carbocycles. The van der Waals surface area contributed by atoms with Gasteiger partial charge in [0.1, 0.15) is 5.60 Å². The summed E-state index contributed by atoms with van der Waals surface area (Å²) in [4.78, 5) is 17.1. The normalized spacial score (nSPS) is 21.1. The molecule has 2 saturated heterocycles. The first-order valence-electron chi connectivity index (χ1n) is 9.56. The van der Waals surface area contributed by atoms with Crippen LogP contribution in [0.15, 0.2) is 30.3 Å². The summed E-state index contributed by atoms with van der Waals surface area (Å²) in [5.41, 5.74) is 3.60. The van der Waals surface area contributed by atoms with Crippen molar-refractivity contribution in [3.63, 3.8) is 0 Å². The molecular formula is C21H28N4O2. The molecule has 0 radical (unpaired) electrons. The number of ether oxygens (including phenoxy) is 1. The molecule has 1 amide bonds. The van der Waals surface area contributed by atoms with Gasteiger partial charge in [0.05, 0.1) is 31.0 Å². The lowest BCUT2D eigenvalue weighted by atomic mass is 9.88. The van der Waals surface area contributed by atoms with E-state index in [2.05, 4.69) is 41.3 Å². The van der Waals surface area contributed by atoms with E-state index < -0.39 is 0 Å². The third kappa shape index (κ3) is 3.28. The summed E-state index contributed by atoms with van der Waals surface area (Å²) in [7, 11) is 4.04. The Kier molecular flexibility index (Phi) is 4.56. The zero-order valence-electron chi connectivity index (χ0n) is 16.6. The van der Waals surface area contributed by atoms with E-state index in [0.29, 0.717) is 19.1 Å². The Morgan fingerprint density at radius 3 is 2.63 bits per heavy atom. The number of carbonyl (C=O) groups is 1. The van der Waals surface area contributed by atoms with Crippen molar-refractivity contribution in [1.29, 1.82) is 0 Å². The van der Waals surface area contributed by atoms with E-state index in [4.69, 9.17) is 4.74 Å². The second-order valence-corrected chi connectivity index (χ2v) is 8.08. The smallest absolute Gasteiger partial charge is 0.257 e. The highest BCUT2D eigenvalue weighted by Gasteiger charge is 2.52. The van der Waals surface area contributed by atoms with Crippen molar-refractivity contribution in [2.24, 2.45) is 7.05 Å². The summed E-state index contributed by atoms with van der Waals surface area (Å²) in [5.74, 6) is 0.0772. The van der Waals surface area contributed by atoms with Gasteiger partial charge in [0.15, 0.2) is 0 Å². The number of benzene rings is 1. The summed E-state index contributed by atoms with van der Waals surface area (Å²) in [5, 5.41) is 4.37.